The summed E-state index contributed by atoms with van der Waals surface area (Å²) < 4.78 is 11.1. The third kappa shape index (κ3) is 3.77. The fourth-order valence-corrected chi connectivity index (χ4v) is 1.64. The van der Waals surface area contributed by atoms with E-state index >= 15 is 0 Å². The summed E-state index contributed by atoms with van der Waals surface area (Å²) in [6.07, 6.45) is 4.25. The van der Waals surface area contributed by atoms with Crippen LogP contribution < -0.4 is 11.1 Å². The van der Waals surface area contributed by atoms with Crippen LogP contribution in [0, 0.1) is 6.92 Å². The first-order valence-electron chi connectivity index (χ1n) is 5.16. The van der Waals surface area contributed by atoms with E-state index in [1.54, 1.807) is 12.5 Å². The first-order chi connectivity index (χ1) is 7.50. The van der Waals surface area contributed by atoms with E-state index in [9.17, 15) is 4.21 Å². The first kappa shape index (κ1) is 12.9. The molecule has 1 heterocycles. The van der Waals surface area contributed by atoms with E-state index in [-0.39, 0.29) is 11.2 Å². The smallest absolute Gasteiger partial charge is 0.221 e. The van der Waals surface area contributed by atoms with Crippen LogP contribution in [-0.2, 0) is 10.8 Å². The van der Waals surface area contributed by atoms with Crippen molar-refractivity contribution < 1.29 is 4.21 Å². The van der Waals surface area contributed by atoms with Gasteiger partial charge in [-0.25, -0.2) is 4.98 Å². The summed E-state index contributed by atoms with van der Waals surface area (Å²) in [5, 5.41) is 3.36. The van der Waals surface area contributed by atoms with E-state index in [4.69, 9.17) is 5.73 Å². The molecule has 0 aromatic carbocycles. The largest absolute Gasteiger partial charge is 0.370 e. The lowest BCUT2D eigenvalue weighted by atomic mass is 10.3. The number of nitrogens with two attached hydrogens (primary N) is 1. The first-order valence-corrected chi connectivity index (χ1v) is 6.78. The fraction of sp³-hybridized carbons (Fsp3) is 0.600. The van der Waals surface area contributed by atoms with Gasteiger partial charge in [0.25, 0.3) is 0 Å². The van der Waals surface area contributed by atoms with E-state index in [0.717, 1.165) is 24.3 Å². The van der Waals surface area contributed by atoms with Crippen molar-refractivity contribution in [1.29, 1.82) is 0 Å². The summed E-state index contributed by atoms with van der Waals surface area (Å²) in [5.74, 6) is 1.02. The normalized spacial score (nSPS) is 14.4. The molecular formula is C10H18N4OS. The minimum atomic E-state index is -0.775. The van der Waals surface area contributed by atoms with Gasteiger partial charge >= 0.3 is 0 Å². The Morgan fingerprint density at radius 1 is 1.62 bits per heavy atom. The average Bonchev–Trinajstić information content (AvgIpc) is 2.22. The second-order valence-electron chi connectivity index (χ2n) is 3.78. The summed E-state index contributed by atoms with van der Waals surface area (Å²) >= 11 is 0. The van der Waals surface area contributed by atoms with E-state index < -0.39 is 10.8 Å². The fourth-order valence-electron chi connectivity index (χ4n) is 1.19. The van der Waals surface area contributed by atoms with Crippen LogP contribution in [0.4, 0.5) is 11.8 Å². The van der Waals surface area contributed by atoms with E-state index in [1.807, 2.05) is 13.8 Å². The number of rotatable bonds is 5. The Hall–Kier alpha value is -1.17. The van der Waals surface area contributed by atoms with Crippen LogP contribution in [-0.4, -0.2) is 32.2 Å². The summed E-state index contributed by atoms with van der Waals surface area (Å²) in [6, 6.07) is 0. The molecule has 0 radical (unpaired) electrons. The zero-order chi connectivity index (χ0) is 12.1. The maximum Gasteiger partial charge on any atom is 0.221 e. The van der Waals surface area contributed by atoms with Gasteiger partial charge in [-0.05, 0) is 13.3 Å². The van der Waals surface area contributed by atoms with Crippen LogP contribution in [0.25, 0.3) is 0 Å². The molecule has 3 N–H and O–H groups in total. The minimum Gasteiger partial charge on any atom is -0.370 e. The highest BCUT2D eigenvalue weighted by Gasteiger charge is 2.06. The average molecular weight is 242 g/mol. The lowest BCUT2D eigenvalue weighted by Crippen LogP contribution is -2.16. The van der Waals surface area contributed by atoms with Crippen molar-refractivity contribution in [2.75, 3.05) is 23.9 Å². The lowest BCUT2D eigenvalue weighted by molar-refractivity contribution is 0.672. The number of hydrogen-bond acceptors (Lipinski definition) is 5. The number of nitrogen functional groups attached to an aromatic ring is 1. The molecule has 0 spiro atoms. The van der Waals surface area contributed by atoms with Crippen molar-refractivity contribution in [2.45, 2.75) is 25.5 Å². The van der Waals surface area contributed by atoms with Gasteiger partial charge in [-0.3, -0.25) is 4.21 Å². The predicted octanol–water partition coefficient (Wildman–Crippen LogP) is 0.936. The molecule has 1 rings (SSSR count). The number of nitrogens with one attached hydrogen (secondary N) is 1. The molecule has 0 amide bonds. The Bertz CT molecular complexity index is 383. The Kier molecular flexibility index (Phi) is 4.67. The molecule has 0 bridgehead atoms. The van der Waals surface area contributed by atoms with Crippen molar-refractivity contribution in [1.82, 2.24) is 9.97 Å². The highest BCUT2D eigenvalue weighted by Crippen LogP contribution is 2.11. The summed E-state index contributed by atoms with van der Waals surface area (Å²) in [7, 11) is -0.775. The van der Waals surface area contributed by atoms with Gasteiger partial charge in [0.05, 0.1) is 0 Å². The minimum absolute atomic E-state index is 0.187. The van der Waals surface area contributed by atoms with Crippen LogP contribution in [0.15, 0.2) is 6.20 Å². The van der Waals surface area contributed by atoms with Crippen molar-refractivity contribution in [3.8, 4) is 0 Å². The second kappa shape index (κ2) is 5.79. The maximum atomic E-state index is 11.1. The number of aryl methyl sites for hydroxylation is 1. The Morgan fingerprint density at radius 2 is 2.31 bits per heavy atom. The van der Waals surface area contributed by atoms with Gasteiger partial charge in [0.1, 0.15) is 5.82 Å². The molecule has 0 aliphatic carbocycles. The summed E-state index contributed by atoms with van der Waals surface area (Å²) in [5.41, 5.74) is 6.45. The molecule has 0 saturated carbocycles. The monoisotopic (exact) mass is 242 g/mol. The Labute approximate surface area is 98.3 Å². The molecule has 1 aromatic heterocycles. The third-order valence-corrected chi connectivity index (χ3v) is 3.77. The molecule has 90 valence electrons. The molecule has 2 atom stereocenters. The second-order valence-corrected chi connectivity index (χ2v) is 5.59. The molecule has 6 heteroatoms. The Morgan fingerprint density at radius 3 is 2.94 bits per heavy atom. The zero-order valence-electron chi connectivity index (χ0n) is 9.86. The van der Waals surface area contributed by atoms with E-state index in [1.165, 1.54) is 0 Å². The zero-order valence-corrected chi connectivity index (χ0v) is 10.7. The molecule has 0 fully saturated rings. The van der Waals surface area contributed by atoms with Crippen LogP contribution in [0.2, 0.25) is 0 Å². The molecule has 2 unspecified atom stereocenters. The van der Waals surface area contributed by atoms with Gasteiger partial charge in [0.15, 0.2) is 0 Å². The molecule has 5 nitrogen and oxygen atoms in total. The van der Waals surface area contributed by atoms with E-state index in [0.29, 0.717) is 0 Å². The van der Waals surface area contributed by atoms with Crippen LogP contribution in [0.3, 0.4) is 0 Å². The summed E-state index contributed by atoms with van der Waals surface area (Å²) in [6.45, 7) is 4.63. The van der Waals surface area contributed by atoms with Gasteiger partial charge in [-0.1, -0.05) is 6.92 Å². The van der Waals surface area contributed by atoms with Crippen LogP contribution in [0.1, 0.15) is 18.9 Å². The van der Waals surface area contributed by atoms with Crippen molar-refractivity contribution in [3.63, 3.8) is 0 Å². The van der Waals surface area contributed by atoms with Gasteiger partial charge in [-0.15, -0.1) is 0 Å². The van der Waals surface area contributed by atoms with Crippen LogP contribution in [0.5, 0.6) is 0 Å². The highest BCUT2D eigenvalue weighted by atomic mass is 32.2. The van der Waals surface area contributed by atoms with Gasteiger partial charge in [0.2, 0.25) is 5.95 Å². The molecule has 16 heavy (non-hydrogen) atoms. The topological polar surface area (TPSA) is 80.9 Å². The predicted molar refractivity (Wildman–Crippen MR) is 67.8 cm³/mol. The van der Waals surface area contributed by atoms with Crippen molar-refractivity contribution >= 4 is 22.6 Å². The molecule has 0 saturated heterocycles. The van der Waals surface area contributed by atoms with Crippen molar-refractivity contribution in [2.24, 2.45) is 0 Å². The SMILES string of the molecule is Cc1cnc(N)nc1NCCC(C)S(C)=O. The Balaban J connectivity index is 2.48. The number of aromatic nitrogens is 2. The van der Waals surface area contributed by atoms with E-state index in [2.05, 4.69) is 15.3 Å². The number of nitrogens with zero attached hydrogens (tertiary/aromatic N) is 2. The van der Waals surface area contributed by atoms with Crippen molar-refractivity contribution in [3.05, 3.63) is 11.8 Å². The quantitative estimate of drug-likeness (QED) is 0.803. The van der Waals surface area contributed by atoms with Gasteiger partial charge in [-0.2, -0.15) is 4.98 Å². The standard InChI is InChI=1S/C10H18N4OS/c1-7-6-13-10(11)14-9(7)12-5-4-8(2)16(3)15/h6,8H,4-5H2,1-3H3,(H3,11,12,13,14). The highest BCUT2D eigenvalue weighted by molar-refractivity contribution is 7.84. The van der Waals surface area contributed by atoms with Gasteiger partial charge in [0, 0.05) is 40.6 Å². The lowest BCUT2D eigenvalue weighted by Gasteiger charge is -2.11. The number of hydrogen-bond donors (Lipinski definition) is 2. The summed E-state index contributed by atoms with van der Waals surface area (Å²) in [4.78, 5) is 7.98. The van der Waals surface area contributed by atoms with Crippen LogP contribution >= 0.6 is 0 Å². The van der Waals surface area contributed by atoms with Gasteiger partial charge < -0.3 is 11.1 Å². The third-order valence-electron chi connectivity index (χ3n) is 2.40. The number of anilines is 2. The maximum absolute atomic E-state index is 11.1. The molecule has 0 aliphatic heterocycles. The molecular weight excluding hydrogens is 224 g/mol. The molecule has 1 aromatic rings. The molecule has 0 aliphatic rings.